The number of hydrogen-bond donors (Lipinski definition) is 2. The first kappa shape index (κ1) is 21.5. The minimum Gasteiger partial charge on any atom is -0.511 e. The number of nitrogens with zero attached hydrogens (tertiary/aromatic N) is 5. The molecule has 9 heteroatoms. The maximum atomic E-state index is 11.6. The van der Waals surface area contributed by atoms with Gasteiger partial charge >= 0.3 is 0 Å². The van der Waals surface area contributed by atoms with E-state index in [2.05, 4.69) is 21.0 Å². The molecule has 1 spiro atoms. The molecule has 2 heterocycles. The molecule has 2 aromatic heterocycles. The highest BCUT2D eigenvalue weighted by molar-refractivity contribution is 7.16. The van der Waals surface area contributed by atoms with Crippen LogP contribution >= 0.6 is 22.9 Å². The molecule has 160 valence electrons. The number of nitrogens with one attached hydrogen (secondary N) is 1. The zero-order valence-corrected chi connectivity index (χ0v) is 19.0. The van der Waals surface area contributed by atoms with E-state index < -0.39 is 5.41 Å². The molecule has 4 rings (SSSR count). The topological polar surface area (TPSA) is 109 Å². The van der Waals surface area contributed by atoms with Gasteiger partial charge in [0.15, 0.2) is 0 Å². The SMILES string of the molecule is CN(C)/C=N/c1sc2c(c1C#N)[C@]1(CCCC(C(=N)c3ccnc(Cl)n3)=C1O)CCC2. The Bertz CT molecular complexity index is 1150. The van der Waals surface area contributed by atoms with Crippen molar-refractivity contribution in [1.29, 1.82) is 10.7 Å². The molecule has 2 aliphatic carbocycles. The first-order valence-electron chi connectivity index (χ1n) is 10.1. The van der Waals surface area contributed by atoms with Crippen molar-refractivity contribution in [3.8, 4) is 6.07 Å². The van der Waals surface area contributed by atoms with E-state index >= 15 is 0 Å². The molecule has 0 aliphatic heterocycles. The Morgan fingerprint density at radius 3 is 2.81 bits per heavy atom. The number of aromatic nitrogens is 2. The molecule has 0 unspecified atom stereocenters. The molecule has 0 saturated carbocycles. The number of halogens is 1. The van der Waals surface area contributed by atoms with Crippen molar-refractivity contribution in [1.82, 2.24) is 14.9 Å². The predicted octanol–water partition coefficient (Wildman–Crippen LogP) is 4.92. The van der Waals surface area contributed by atoms with E-state index in [9.17, 15) is 10.4 Å². The molecule has 0 radical (unpaired) electrons. The van der Waals surface area contributed by atoms with Gasteiger partial charge in [0.25, 0.3) is 0 Å². The summed E-state index contributed by atoms with van der Waals surface area (Å²) in [7, 11) is 3.77. The molecule has 7 nitrogen and oxygen atoms in total. The van der Waals surface area contributed by atoms with Gasteiger partial charge in [-0.15, -0.1) is 11.3 Å². The molecular formula is C22H23ClN6OS. The Kier molecular flexibility index (Phi) is 5.82. The number of aliphatic hydroxyl groups excluding tert-OH is 1. The van der Waals surface area contributed by atoms with Gasteiger partial charge in [0.1, 0.15) is 16.8 Å². The summed E-state index contributed by atoms with van der Waals surface area (Å²) < 4.78 is 0. The first-order valence-corrected chi connectivity index (χ1v) is 11.3. The minimum absolute atomic E-state index is 0.0702. The van der Waals surface area contributed by atoms with Crippen molar-refractivity contribution in [2.75, 3.05) is 14.1 Å². The summed E-state index contributed by atoms with van der Waals surface area (Å²) in [5.41, 5.74) is 1.91. The Morgan fingerprint density at radius 1 is 1.39 bits per heavy atom. The number of rotatable bonds is 4. The highest BCUT2D eigenvalue weighted by Crippen LogP contribution is 2.55. The highest BCUT2D eigenvalue weighted by atomic mass is 35.5. The Labute approximate surface area is 190 Å². The van der Waals surface area contributed by atoms with Crippen LogP contribution in [-0.4, -0.2) is 46.1 Å². The quantitative estimate of drug-likeness (QED) is 0.387. The number of aryl methyl sites for hydroxylation is 1. The lowest BCUT2D eigenvalue weighted by molar-refractivity contribution is 0.232. The van der Waals surface area contributed by atoms with Crippen molar-refractivity contribution in [3.63, 3.8) is 0 Å². The summed E-state index contributed by atoms with van der Waals surface area (Å²) >= 11 is 7.45. The number of fused-ring (bicyclic) bond motifs is 2. The van der Waals surface area contributed by atoms with Crippen LogP contribution in [0.4, 0.5) is 5.00 Å². The maximum Gasteiger partial charge on any atom is 0.222 e. The van der Waals surface area contributed by atoms with Gasteiger partial charge in [-0.05, 0) is 61.8 Å². The number of aliphatic hydroxyl groups is 1. The summed E-state index contributed by atoms with van der Waals surface area (Å²) in [4.78, 5) is 15.5. The first-order chi connectivity index (χ1) is 14.9. The van der Waals surface area contributed by atoms with Crippen LogP contribution in [0.25, 0.3) is 0 Å². The smallest absolute Gasteiger partial charge is 0.222 e. The average molecular weight is 455 g/mol. The van der Waals surface area contributed by atoms with E-state index in [1.165, 1.54) is 17.5 Å². The summed E-state index contributed by atoms with van der Waals surface area (Å²) in [5.74, 6) is 0.192. The summed E-state index contributed by atoms with van der Waals surface area (Å²) in [6, 6.07) is 3.98. The molecule has 0 fully saturated rings. The second-order valence-corrected chi connectivity index (χ2v) is 9.52. The van der Waals surface area contributed by atoms with Crippen LogP contribution < -0.4 is 0 Å². The van der Waals surface area contributed by atoms with E-state index in [0.717, 1.165) is 42.5 Å². The van der Waals surface area contributed by atoms with Gasteiger partial charge in [0.2, 0.25) is 5.28 Å². The van der Waals surface area contributed by atoms with Crippen LogP contribution in [0.5, 0.6) is 0 Å². The van der Waals surface area contributed by atoms with Crippen LogP contribution in [0.3, 0.4) is 0 Å². The van der Waals surface area contributed by atoms with E-state index in [4.69, 9.17) is 17.0 Å². The lowest BCUT2D eigenvalue weighted by Gasteiger charge is -2.41. The predicted molar refractivity (Wildman–Crippen MR) is 123 cm³/mol. The summed E-state index contributed by atoms with van der Waals surface area (Å²) in [6.07, 6.45) is 7.88. The van der Waals surface area contributed by atoms with E-state index in [1.54, 1.807) is 12.4 Å². The second kappa shape index (κ2) is 8.40. The second-order valence-electron chi connectivity index (χ2n) is 8.10. The zero-order valence-electron chi connectivity index (χ0n) is 17.4. The van der Waals surface area contributed by atoms with Crippen molar-refractivity contribution in [3.05, 3.63) is 50.6 Å². The summed E-state index contributed by atoms with van der Waals surface area (Å²) in [5, 5.41) is 31.0. The fourth-order valence-corrected chi connectivity index (χ4v) is 6.01. The third-order valence-corrected chi connectivity index (χ3v) is 7.26. The van der Waals surface area contributed by atoms with Crippen molar-refractivity contribution >= 4 is 40.0 Å². The van der Waals surface area contributed by atoms with E-state index in [1.807, 2.05) is 19.0 Å². The number of aliphatic imine (C=N–C) groups is 1. The minimum atomic E-state index is -0.655. The van der Waals surface area contributed by atoms with Crippen LogP contribution in [0.1, 0.15) is 53.8 Å². The molecule has 2 N–H and O–H groups in total. The van der Waals surface area contributed by atoms with Crippen molar-refractivity contribution < 1.29 is 5.11 Å². The van der Waals surface area contributed by atoms with Crippen LogP contribution in [-0.2, 0) is 11.8 Å². The molecule has 31 heavy (non-hydrogen) atoms. The van der Waals surface area contributed by atoms with Gasteiger partial charge in [-0.2, -0.15) is 5.26 Å². The van der Waals surface area contributed by atoms with Crippen LogP contribution in [0.2, 0.25) is 5.28 Å². The third-order valence-electron chi connectivity index (χ3n) is 5.92. The number of hydrogen-bond acceptors (Lipinski definition) is 7. The van der Waals surface area contributed by atoms with Gasteiger partial charge in [0, 0.05) is 30.7 Å². The normalized spacial score (nSPS) is 20.7. The van der Waals surface area contributed by atoms with Gasteiger partial charge in [0.05, 0.1) is 28.7 Å². The lowest BCUT2D eigenvalue weighted by Crippen LogP contribution is -2.37. The fourth-order valence-electron chi connectivity index (χ4n) is 4.64. The molecule has 0 bridgehead atoms. The van der Waals surface area contributed by atoms with Crippen molar-refractivity contribution in [2.24, 2.45) is 4.99 Å². The highest BCUT2D eigenvalue weighted by Gasteiger charge is 2.47. The molecule has 0 saturated heterocycles. The maximum absolute atomic E-state index is 11.6. The Hall–Kier alpha value is -2.76. The van der Waals surface area contributed by atoms with E-state index in [0.29, 0.717) is 28.3 Å². The average Bonchev–Trinajstić information content (AvgIpc) is 3.12. The lowest BCUT2D eigenvalue weighted by atomic mass is 9.63. The standard InChI is InChI=1S/C22H23ClN6OS/c1-29(2)12-27-20-14(11-24)17-16(31-20)6-4-9-22(17)8-3-5-13(19(22)30)18(25)15-7-10-26-21(23)28-15/h7,10,12,25,30H,3-6,8-9H2,1-2H3/b25-18?,27-12+/t22-/m0/s1. The number of nitriles is 1. The summed E-state index contributed by atoms with van der Waals surface area (Å²) in [6.45, 7) is 0. The number of allylic oxidation sites excluding steroid dienone is 2. The van der Waals surface area contributed by atoms with Crippen molar-refractivity contribution in [2.45, 2.75) is 43.9 Å². The molecular weight excluding hydrogens is 432 g/mol. The largest absolute Gasteiger partial charge is 0.511 e. The molecule has 1 atom stereocenters. The molecule has 0 aromatic carbocycles. The molecule has 2 aromatic rings. The van der Waals surface area contributed by atoms with Crippen LogP contribution in [0, 0.1) is 16.7 Å². The zero-order chi connectivity index (χ0) is 22.2. The molecule has 2 aliphatic rings. The molecule has 0 amide bonds. The number of thiophene rings is 1. The van der Waals surface area contributed by atoms with E-state index in [-0.39, 0.29) is 16.8 Å². The van der Waals surface area contributed by atoms with Crippen LogP contribution in [0.15, 0.2) is 28.6 Å². The monoisotopic (exact) mass is 454 g/mol. The third kappa shape index (κ3) is 3.73. The van der Waals surface area contributed by atoms with Gasteiger partial charge < -0.3 is 10.0 Å². The Morgan fingerprint density at radius 2 is 2.13 bits per heavy atom. The van der Waals surface area contributed by atoms with Gasteiger partial charge in [-0.25, -0.2) is 15.0 Å². The van der Waals surface area contributed by atoms with Gasteiger partial charge in [-0.3, -0.25) is 5.41 Å². The Balaban J connectivity index is 1.86. The van der Waals surface area contributed by atoms with Gasteiger partial charge in [-0.1, -0.05) is 0 Å². The fraction of sp³-hybridized carbons (Fsp3) is 0.409.